The van der Waals surface area contributed by atoms with E-state index in [2.05, 4.69) is 29.8 Å². The van der Waals surface area contributed by atoms with Gasteiger partial charge in [-0.05, 0) is 45.6 Å². The zero-order valence-electron chi connectivity index (χ0n) is 11.6. The molecule has 1 aromatic rings. The molecule has 1 aromatic carbocycles. The third-order valence-corrected chi connectivity index (χ3v) is 2.93. The minimum atomic E-state index is -0.969. The SMILES string of the molecule is CC(C)COCCOc1ccc(/C=C/C(=O)O)cc1Br. The number of halogens is 1. The van der Waals surface area contributed by atoms with E-state index >= 15 is 0 Å². The molecule has 0 spiro atoms. The Morgan fingerprint density at radius 2 is 2.15 bits per heavy atom. The zero-order chi connectivity index (χ0) is 15.0. The average Bonchev–Trinajstić information content (AvgIpc) is 2.37. The lowest BCUT2D eigenvalue weighted by Gasteiger charge is -2.10. The largest absolute Gasteiger partial charge is 0.490 e. The summed E-state index contributed by atoms with van der Waals surface area (Å²) >= 11 is 3.40. The van der Waals surface area contributed by atoms with Crippen LogP contribution in [0, 0.1) is 5.92 Å². The van der Waals surface area contributed by atoms with Crippen LogP contribution >= 0.6 is 15.9 Å². The highest BCUT2D eigenvalue weighted by Gasteiger charge is 2.02. The molecule has 0 saturated heterocycles. The van der Waals surface area contributed by atoms with Gasteiger partial charge >= 0.3 is 5.97 Å². The van der Waals surface area contributed by atoms with E-state index in [-0.39, 0.29) is 0 Å². The summed E-state index contributed by atoms with van der Waals surface area (Å²) in [6.45, 7) is 5.95. The van der Waals surface area contributed by atoms with Gasteiger partial charge in [-0.15, -0.1) is 0 Å². The van der Waals surface area contributed by atoms with Crippen LogP contribution in [0.5, 0.6) is 5.75 Å². The van der Waals surface area contributed by atoms with Crippen LogP contribution in [-0.4, -0.2) is 30.9 Å². The van der Waals surface area contributed by atoms with Crippen molar-refractivity contribution in [1.82, 2.24) is 0 Å². The molecule has 0 saturated carbocycles. The second kappa shape index (κ2) is 8.76. The Labute approximate surface area is 127 Å². The fraction of sp³-hybridized carbons (Fsp3) is 0.400. The molecule has 0 fully saturated rings. The van der Waals surface area contributed by atoms with Crippen LogP contribution in [0.4, 0.5) is 0 Å². The Balaban J connectivity index is 2.45. The molecule has 1 N–H and O–H groups in total. The second-order valence-corrected chi connectivity index (χ2v) is 5.53. The number of aliphatic carboxylic acids is 1. The highest BCUT2D eigenvalue weighted by atomic mass is 79.9. The Kier molecular flexibility index (Phi) is 7.33. The van der Waals surface area contributed by atoms with Crippen molar-refractivity contribution in [2.45, 2.75) is 13.8 Å². The lowest BCUT2D eigenvalue weighted by atomic mass is 10.2. The minimum Gasteiger partial charge on any atom is -0.490 e. The molecule has 20 heavy (non-hydrogen) atoms. The summed E-state index contributed by atoms with van der Waals surface area (Å²) in [5.74, 6) is 0.261. The monoisotopic (exact) mass is 342 g/mol. The quantitative estimate of drug-likeness (QED) is 0.579. The number of benzene rings is 1. The Morgan fingerprint density at radius 1 is 1.40 bits per heavy atom. The van der Waals surface area contributed by atoms with Gasteiger partial charge in [0.1, 0.15) is 12.4 Å². The van der Waals surface area contributed by atoms with Crippen molar-refractivity contribution in [3.8, 4) is 5.75 Å². The molecule has 1 rings (SSSR count). The van der Waals surface area contributed by atoms with E-state index in [1.54, 1.807) is 12.1 Å². The molecular weight excluding hydrogens is 324 g/mol. The number of ether oxygens (including phenoxy) is 2. The van der Waals surface area contributed by atoms with Gasteiger partial charge in [0.25, 0.3) is 0 Å². The summed E-state index contributed by atoms with van der Waals surface area (Å²) in [4.78, 5) is 10.4. The van der Waals surface area contributed by atoms with Crippen molar-refractivity contribution >= 4 is 28.0 Å². The maximum Gasteiger partial charge on any atom is 0.328 e. The van der Waals surface area contributed by atoms with Crippen molar-refractivity contribution in [1.29, 1.82) is 0 Å². The molecule has 0 aliphatic carbocycles. The number of rotatable bonds is 8. The van der Waals surface area contributed by atoms with Crippen LogP contribution in [-0.2, 0) is 9.53 Å². The number of hydrogen-bond acceptors (Lipinski definition) is 3. The number of carbonyl (C=O) groups is 1. The molecule has 0 unspecified atom stereocenters. The molecule has 0 aliphatic heterocycles. The number of carboxylic acid groups (broad SMARTS) is 1. The highest BCUT2D eigenvalue weighted by Crippen LogP contribution is 2.26. The van der Waals surface area contributed by atoms with Gasteiger partial charge in [0.2, 0.25) is 0 Å². The van der Waals surface area contributed by atoms with Gasteiger partial charge in [0, 0.05) is 12.7 Å². The molecule has 0 radical (unpaired) electrons. The smallest absolute Gasteiger partial charge is 0.328 e. The van der Waals surface area contributed by atoms with E-state index in [0.717, 1.165) is 22.7 Å². The van der Waals surface area contributed by atoms with Crippen LogP contribution in [0.2, 0.25) is 0 Å². The van der Waals surface area contributed by atoms with E-state index in [9.17, 15) is 4.79 Å². The van der Waals surface area contributed by atoms with Crippen LogP contribution in [0.3, 0.4) is 0 Å². The van der Waals surface area contributed by atoms with Crippen molar-refractivity contribution in [3.05, 3.63) is 34.3 Å². The summed E-state index contributed by atoms with van der Waals surface area (Å²) in [5.41, 5.74) is 0.794. The van der Waals surface area contributed by atoms with Gasteiger partial charge < -0.3 is 14.6 Å². The van der Waals surface area contributed by atoms with E-state index in [1.165, 1.54) is 6.08 Å². The normalized spacial score (nSPS) is 11.2. The molecule has 0 atom stereocenters. The maximum absolute atomic E-state index is 10.4. The van der Waals surface area contributed by atoms with Crippen molar-refractivity contribution < 1.29 is 19.4 Å². The second-order valence-electron chi connectivity index (χ2n) is 4.68. The molecule has 0 aromatic heterocycles. The van der Waals surface area contributed by atoms with Crippen molar-refractivity contribution in [2.24, 2.45) is 5.92 Å². The minimum absolute atomic E-state index is 0.482. The van der Waals surface area contributed by atoms with Crippen LogP contribution < -0.4 is 4.74 Å². The Bertz CT molecular complexity index is 469. The summed E-state index contributed by atoms with van der Waals surface area (Å²) in [7, 11) is 0. The first-order valence-corrected chi connectivity index (χ1v) is 7.19. The Hall–Kier alpha value is -1.33. The summed E-state index contributed by atoms with van der Waals surface area (Å²) in [5, 5.41) is 8.57. The maximum atomic E-state index is 10.4. The van der Waals surface area contributed by atoms with E-state index in [1.807, 2.05) is 6.07 Å². The van der Waals surface area contributed by atoms with E-state index in [0.29, 0.717) is 24.9 Å². The molecule has 110 valence electrons. The van der Waals surface area contributed by atoms with Gasteiger partial charge in [-0.1, -0.05) is 19.9 Å². The third kappa shape index (κ3) is 6.73. The first-order valence-electron chi connectivity index (χ1n) is 6.40. The number of hydrogen-bond donors (Lipinski definition) is 1. The fourth-order valence-corrected chi connectivity index (χ4v) is 1.95. The predicted molar refractivity (Wildman–Crippen MR) is 82.0 cm³/mol. The van der Waals surface area contributed by atoms with Gasteiger partial charge in [0.15, 0.2) is 0 Å². The van der Waals surface area contributed by atoms with Gasteiger partial charge in [-0.25, -0.2) is 4.79 Å². The van der Waals surface area contributed by atoms with E-state index in [4.69, 9.17) is 14.6 Å². The van der Waals surface area contributed by atoms with Gasteiger partial charge in [0.05, 0.1) is 11.1 Å². The van der Waals surface area contributed by atoms with Crippen molar-refractivity contribution in [2.75, 3.05) is 19.8 Å². The molecule has 0 amide bonds. The van der Waals surface area contributed by atoms with Gasteiger partial charge in [-0.2, -0.15) is 0 Å². The molecule has 0 bridgehead atoms. The lowest BCUT2D eigenvalue weighted by molar-refractivity contribution is -0.131. The summed E-state index contributed by atoms with van der Waals surface area (Å²) in [6, 6.07) is 5.41. The first kappa shape index (κ1) is 16.7. The van der Waals surface area contributed by atoms with Crippen LogP contribution in [0.15, 0.2) is 28.7 Å². The third-order valence-electron chi connectivity index (χ3n) is 2.31. The zero-order valence-corrected chi connectivity index (χ0v) is 13.2. The lowest BCUT2D eigenvalue weighted by Crippen LogP contribution is -2.10. The molecule has 0 aliphatic rings. The van der Waals surface area contributed by atoms with Crippen LogP contribution in [0.1, 0.15) is 19.4 Å². The predicted octanol–water partition coefficient (Wildman–Crippen LogP) is 3.60. The fourth-order valence-electron chi connectivity index (χ4n) is 1.43. The number of carboxylic acids is 1. The van der Waals surface area contributed by atoms with Gasteiger partial charge in [-0.3, -0.25) is 0 Å². The molecule has 0 heterocycles. The van der Waals surface area contributed by atoms with Crippen molar-refractivity contribution in [3.63, 3.8) is 0 Å². The summed E-state index contributed by atoms with van der Waals surface area (Å²) < 4.78 is 11.8. The van der Waals surface area contributed by atoms with Crippen LogP contribution in [0.25, 0.3) is 6.08 Å². The average molecular weight is 343 g/mol. The van der Waals surface area contributed by atoms with E-state index < -0.39 is 5.97 Å². The first-order chi connectivity index (χ1) is 9.49. The molecular formula is C15H19BrO4. The Morgan fingerprint density at radius 3 is 2.75 bits per heavy atom. The standard InChI is InChI=1S/C15H19BrO4/c1-11(2)10-19-7-8-20-14-5-3-12(9-13(14)16)4-6-15(17)18/h3-6,9,11H,7-8,10H2,1-2H3,(H,17,18)/b6-4+. The topological polar surface area (TPSA) is 55.8 Å². The molecule has 4 nitrogen and oxygen atoms in total. The highest BCUT2D eigenvalue weighted by molar-refractivity contribution is 9.10. The summed E-state index contributed by atoms with van der Waals surface area (Å²) in [6.07, 6.45) is 2.63. The molecule has 5 heteroatoms.